The molecule has 1 aliphatic carbocycles. The second kappa shape index (κ2) is 7.08. The van der Waals surface area contributed by atoms with Gasteiger partial charge in [0.15, 0.2) is 0 Å². The van der Waals surface area contributed by atoms with Crippen LogP contribution in [0.25, 0.3) is 0 Å². The van der Waals surface area contributed by atoms with E-state index >= 15 is 0 Å². The third kappa shape index (κ3) is 4.75. The topological polar surface area (TPSA) is 15.3 Å². The van der Waals surface area contributed by atoms with Gasteiger partial charge in [-0.1, -0.05) is 34.1 Å². The Kier molecular flexibility index (Phi) is 6.32. The van der Waals surface area contributed by atoms with E-state index in [4.69, 9.17) is 0 Å². The van der Waals surface area contributed by atoms with E-state index in [0.717, 1.165) is 11.8 Å². The van der Waals surface area contributed by atoms with Crippen molar-refractivity contribution in [1.29, 1.82) is 0 Å². The Morgan fingerprint density at radius 2 is 1.89 bits per heavy atom. The molecule has 1 fully saturated rings. The van der Waals surface area contributed by atoms with Crippen molar-refractivity contribution >= 4 is 0 Å². The molecule has 2 heteroatoms. The summed E-state index contributed by atoms with van der Waals surface area (Å²) in [5.74, 6) is 1.59. The number of nitrogens with one attached hydrogen (secondary N) is 1. The molecular weight excluding hydrogens is 232 g/mol. The standard InChI is InChI=1S/C17H36N2/c1-13(2)11-14(3)19(7)12-15-9-8-10-17(4,5)16(15)18-6/h13-16,18H,8-12H2,1-7H3. The van der Waals surface area contributed by atoms with Crippen molar-refractivity contribution in [3.05, 3.63) is 0 Å². The van der Waals surface area contributed by atoms with Gasteiger partial charge in [0.2, 0.25) is 0 Å². The van der Waals surface area contributed by atoms with E-state index in [9.17, 15) is 0 Å². The van der Waals surface area contributed by atoms with Crippen molar-refractivity contribution in [2.45, 2.75) is 72.4 Å². The normalized spacial score (nSPS) is 28.9. The van der Waals surface area contributed by atoms with E-state index < -0.39 is 0 Å². The van der Waals surface area contributed by atoms with E-state index in [-0.39, 0.29) is 0 Å². The van der Waals surface area contributed by atoms with Gasteiger partial charge < -0.3 is 10.2 Å². The van der Waals surface area contributed by atoms with Crippen LogP contribution in [-0.4, -0.2) is 37.6 Å². The van der Waals surface area contributed by atoms with E-state index in [1.165, 1.54) is 32.2 Å². The Labute approximate surface area is 121 Å². The SMILES string of the molecule is CNC1C(CN(C)C(C)CC(C)C)CCCC1(C)C. The number of hydrogen-bond acceptors (Lipinski definition) is 2. The van der Waals surface area contributed by atoms with Crippen molar-refractivity contribution in [3.8, 4) is 0 Å². The molecule has 1 rings (SSSR count). The molecule has 19 heavy (non-hydrogen) atoms. The highest BCUT2D eigenvalue weighted by Gasteiger charge is 2.38. The van der Waals surface area contributed by atoms with Gasteiger partial charge in [-0.15, -0.1) is 0 Å². The van der Waals surface area contributed by atoms with E-state index in [1.54, 1.807) is 0 Å². The molecule has 0 aliphatic heterocycles. The molecule has 0 bridgehead atoms. The molecule has 114 valence electrons. The summed E-state index contributed by atoms with van der Waals surface area (Å²) in [6.07, 6.45) is 5.44. The lowest BCUT2D eigenvalue weighted by Gasteiger charge is -2.46. The van der Waals surface area contributed by atoms with Gasteiger partial charge in [0.05, 0.1) is 0 Å². The lowest BCUT2D eigenvalue weighted by Crippen LogP contribution is -2.52. The Balaban J connectivity index is 2.59. The van der Waals surface area contributed by atoms with Gasteiger partial charge in [-0.05, 0) is 57.5 Å². The fraction of sp³-hybridized carbons (Fsp3) is 1.00. The molecule has 3 unspecified atom stereocenters. The van der Waals surface area contributed by atoms with Gasteiger partial charge >= 0.3 is 0 Å². The van der Waals surface area contributed by atoms with Gasteiger partial charge in [0, 0.05) is 18.6 Å². The van der Waals surface area contributed by atoms with Crippen LogP contribution in [0.4, 0.5) is 0 Å². The van der Waals surface area contributed by atoms with Crippen LogP contribution in [-0.2, 0) is 0 Å². The molecular formula is C17H36N2. The minimum atomic E-state index is 0.444. The quantitative estimate of drug-likeness (QED) is 0.789. The summed E-state index contributed by atoms with van der Waals surface area (Å²) in [6, 6.07) is 1.36. The van der Waals surface area contributed by atoms with Crippen molar-refractivity contribution in [2.75, 3.05) is 20.6 Å². The van der Waals surface area contributed by atoms with Crippen LogP contribution in [0.2, 0.25) is 0 Å². The van der Waals surface area contributed by atoms with Crippen molar-refractivity contribution in [3.63, 3.8) is 0 Å². The van der Waals surface area contributed by atoms with Crippen LogP contribution < -0.4 is 5.32 Å². The summed E-state index contributed by atoms with van der Waals surface area (Å²) in [5.41, 5.74) is 0.444. The van der Waals surface area contributed by atoms with E-state index in [0.29, 0.717) is 17.5 Å². The zero-order chi connectivity index (χ0) is 14.6. The summed E-state index contributed by atoms with van der Waals surface area (Å²) < 4.78 is 0. The van der Waals surface area contributed by atoms with Crippen LogP contribution in [0.5, 0.6) is 0 Å². The molecule has 0 saturated heterocycles. The first-order chi connectivity index (χ1) is 8.77. The molecule has 1 aliphatic rings. The first-order valence-corrected chi connectivity index (χ1v) is 8.15. The molecule has 1 N–H and O–H groups in total. The van der Waals surface area contributed by atoms with Gasteiger partial charge in [0.1, 0.15) is 0 Å². The molecule has 0 aromatic carbocycles. The molecule has 0 spiro atoms. The zero-order valence-corrected chi connectivity index (χ0v) is 14.3. The van der Waals surface area contributed by atoms with Crippen LogP contribution in [0.1, 0.15) is 60.3 Å². The molecule has 0 aromatic heterocycles. The van der Waals surface area contributed by atoms with Crippen molar-refractivity contribution in [2.24, 2.45) is 17.3 Å². The van der Waals surface area contributed by atoms with E-state index in [1.807, 2.05) is 0 Å². The second-order valence-corrected chi connectivity index (χ2v) is 7.83. The smallest absolute Gasteiger partial charge is 0.0156 e. The highest BCUT2D eigenvalue weighted by molar-refractivity contribution is 4.93. The predicted molar refractivity (Wildman–Crippen MR) is 85.5 cm³/mol. The van der Waals surface area contributed by atoms with Crippen molar-refractivity contribution < 1.29 is 0 Å². The molecule has 2 nitrogen and oxygen atoms in total. The monoisotopic (exact) mass is 268 g/mol. The van der Waals surface area contributed by atoms with Gasteiger partial charge in [-0.3, -0.25) is 0 Å². The van der Waals surface area contributed by atoms with Crippen LogP contribution in [0.3, 0.4) is 0 Å². The number of nitrogens with zero attached hydrogens (tertiary/aromatic N) is 1. The maximum atomic E-state index is 3.60. The summed E-state index contributed by atoms with van der Waals surface area (Å²) >= 11 is 0. The number of hydrogen-bond donors (Lipinski definition) is 1. The zero-order valence-electron chi connectivity index (χ0n) is 14.3. The highest BCUT2D eigenvalue weighted by atomic mass is 15.1. The largest absolute Gasteiger partial charge is 0.316 e. The molecule has 0 aromatic rings. The van der Waals surface area contributed by atoms with E-state index in [2.05, 4.69) is 58.9 Å². The molecule has 1 saturated carbocycles. The van der Waals surface area contributed by atoms with Crippen LogP contribution >= 0.6 is 0 Å². The molecule has 0 radical (unpaired) electrons. The van der Waals surface area contributed by atoms with Gasteiger partial charge in [-0.2, -0.15) is 0 Å². The third-order valence-electron chi connectivity index (χ3n) is 5.11. The minimum absolute atomic E-state index is 0.444. The summed E-state index contributed by atoms with van der Waals surface area (Å²) in [7, 11) is 4.45. The average molecular weight is 268 g/mol. The number of rotatable bonds is 6. The molecule has 3 atom stereocenters. The third-order valence-corrected chi connectivity index (χ3v) is 5.11. The predicted octanol–water partition coefficient (Wildman–Crippen LogP) is 3.77. The fourth-order valence-electron chi connectivity index (χ4n) is 4.02. The molecule has 0 amide bonds. The highest BCUT2D eigenvalue weighted by Crippen LogP contribution is 2.39. The van der Waals surface area contributed by atoms with Gasteiger partial charge in [-0.25, -0.2) is 0 Å². The van der Waals surface area contributed by atoms with Crippen LogP contribution in [0.15, 0.2) is 0 Å². The Hall–Kier alpha value is -0.0800. The summed E-state index contributed by atoms with van der Waals surface area (Å²) in [4.78, 5) is 2.58. The first-order valence-electron chi connectivity index (χ1n) is 8.15. The summed E-state index contributed by atoms with van der Waals surface area (Å²) in [6.45, 7) is 13.1. The maximum Gasteiger partial charge on any atom is 0.0156 e. The minimum Gasteiger partial charge on any atom is -0.316 e. The average Bonchev–Trinajstić information content (AvgIpc) is 2.27. The molecule has 0 heterocycles. The Bertz CT molecular complexity index is 260. The Morgan fingerprint density at radius 3 is 2.42 bits per heavy atom. The van der Waals surface area contributed by atoms with Crippen LogP contribution in [0, 0.1) is 17.3 Å². The fourth-order valence-corrected chi connectivity index (χ4v) is 4.02. The maximum absolute atomic E-state index is 3.60. The summed E-state index contributed by atoms with van der Waals surface area (Å²) in [5, 5.41) is 3.60. The lowest BCUT2D eigenvalue weighted by atomic mass is 9.68. The lowest BCUT2D eigenvalue weighted by molar-refractivity contribution is 0.0779. The Morgan fingerprint density at radius 1 is 1.26 bits per heavy atom. The second-order valence-electron chi connectivity index (χ2n) is 7.83. The first kappa shape index (κ1) is 17.0. The van der Waals surface area contributed by atoms with Crippen molar-refractivity contribution in [1.82, 2.24) is 10.2 Å². The van der Waals surface area contributed by atoms with Gasteiger partial charge in [0.25, 0.3) is 0 Å².